The number of imidazole rings is 1. The predicted octanol–water partition coefficient (Wildman–Crippen LogP) is 3.76. The van der Waals surface area contributed by atoms with Crippen molar-refractivity contribution in [2.24, 2.45) is 0 Å². The Morgan fingerprint density at radius 2 is 1.71 bits per heavy atom. The van der Waals surface area contributed by atoms with Crippen molar-refractivity contribution < 1.29 is 8.78 Å². The van der Waals surface area contributed by atoms with Gasteiger partial charge in [-0.15, -0.1) is 0 Å². The average Bonchev–Trinajstić information content (AvgIpc) is 3.02. The summed E-state index contributed by atoms with van der Waals surface area (Å²) in [6.45, 7) is 0.349. The lowest BCUT2D eigenvalue weighted by molar-refractivity contribution is 0.588. The number of anilines is 1. The SMILES string of the molecule is Fc1cccc(F)c1NCc1ccc(-n2ccnc2)cc1. The minimum Gasteiger partial charge on any atom is -0.376 e. The molecule has 0 saturated carbocycles. The van der Waals surface area contributed by atoms with Crippen molar-refractivity contribution in [2.45, 2.75) is 6.54 Å². The molecule has 3 rings (SSSR count). The van der Waals surface area contributed by atoms with E-state index >= 15 is 0 Å². The van der Waals surface area contributed by atoms with Crippen molar-refractivity contribution in [1.82, 2.24) is 9.55 Å². The van der Waals surface area contributed by atoms with Gasteiger partial charge in [-0.25, -0.2) is 13.8 Å². The number of hydrogen-bond donors (Lipinski definition) is 1. The summed E-state index contributed by atoms with van der Waals surface area (Å²) >= 11 is 0. The Morgan fingerprint density at radius 3 is 2.33 bits per heavy atom. The van der Waals surface area contributed by atoms with Gasteiger partial charge in [0.15, 0.2) is 0 Å². The highest BCUT2D eigenvalue weighted by atomic mass is 19.1. The van der Waals surface area contributed by atoms with Crippen LogP contribution in [0.1, 0.15) is 5.56 Å². The van der Waals surface area contributed by atoms with E-state index in [0.29, 0.717) is 6.54 Å². The Kier molecular flexibility index (Phi) is 3.64. The molecular formula is C16H13F2N3. The summed E-state index contributed by atoms with van der Waals surface area (Å²) in [5.41, 5.74) is 1.81. The maximum Gasteiger partial charge on any atom is 0.149 e. The van der Waals surface area contributed by atoms with Crippen molar-refractivity contribution in [3.05, 3.63) is 78.4 Å². The Balaban J connectivity index is 1.71. The molecule has 0 atom stereocenters. The third kappa shape index (κ3) is 2.91. The number of para-hydroxylation sites is 1. The average molecular weight is 285 g/mol. The predicted molar refractivity (Wildman–Crippen MR) is 77.2 cm³/mol. The Morgan fingerprint density at radius 1 is 1.00 bits per heavy atom. The first-order chi connectivity index (χ1) is 10.2. The second kappa shape index (κ2) is 5.75. The molecule has 0 fully saturated rings. The zero-order valence-electron chi connectivity index (χ0n) is 11.1. The van der Waals surface area contributed by atoms with E-state index in [1.807, 2.05) is 35.0 Å². The summed E-state index contributed by atoms with van der Waals surface area (Å²) in [4.78, 5) is 3.98. The molecule has 1 heterocycles. The second-order valence-corrected chi connectivity index (χ2v) is 4.59. The normalized spacial score (nSPS) is 10.6. The van der Waals surface area contributed by atoms with Crippen LogP contribution >= 0.6 is 0 Å². The summed E-state index contributed by atoms with van der Waals surface area (Å²) in [5.74, 6) is -1.19. The molecule has 3 aromatic rings. The second-order valence-electron chi connectivity index (χ2n) is 4.59. The molecule has 1 aromatic heterocycles. The van der Waals surface area contributed by atoms with Gasteiger partial charge in [0, 0.05) is 24.6 Å². The van der Waals surface area contributed by atoms with Gasteiger partial charge in [-0.05, 0) is 29.8 Å². The largest absolute Gasteiger partial charge is 0.376 e. The van der Waals surface area contributed by atoms with Crippen LogP contribution in [0.15, 0.2) is 61.2 Å². The molecule has 0 saturated heterocycles. The molecule has 5 heteroatoms. The Hall–Kier alpha value is -2.69. The smallest absolute Gasteiger partial charge is 0.149 e. The van der Waals surface area contributed by atoms with Crippen molar-refractivity contribution in [2.75, 3.05) is 5.32 Å². The molecular weight excluding hydrogens is 272 g/mol. The fourth-order valence-electron chi connectivity index (χ4n) is 2.05. The molecule has 21 heavy (non-hydrogen) atoms. The monoisotopic (exact) mass is 285 g/mol. The molecule has 0 amide bonds. The van der Waals surface area contributed by atoms with Crippen molar-refractivity contribution in [3.63, 3.8) is 0 Å². The molecule has 2 aromatic carbocycles. The first-order valence-corrected chi connectivity index (χ1v) is 6.49. The zero-order valence-corrected chi connectivity index (χ0v) is 11.1. The van der Waals surface area contributed by atoms with Crippen LogP contribution < -0.4 is 5.32 Å². The summed E-state index contributed by atoms with van der Waals surface area (Å²) in [5, 5.41) is 2.78. The first-order valence-electron chi connectivity index (χ1n) is 6.49. The summed E-state index contributed by atoms with van der Waals surface area (Å²) in [6, 6.07) is 11.5. The molecule has 0 unspecified atom stereocenters. The lowest BCUT2D eigenvalue weighted by Gasteiger charge is -2.09. The van der Waals surface area contributed by atoms with Crippen molar-refractivity contribution in [1.29, 1.82) is 0 Å². The number of aromatic nitrogens is 2. The summed E-state index contributed by atoms with van der Waals surface area (Å²) in [7, 11) is 0. The standard InChI is InChI=1S/C16H13F2N3/c17-14-2-1-3-15(18)16(14)20-10-12-4-6-13(7-5-12)21-9-8-19-11-21/h1-9,11,20H,10H2. The number of benzene rings is 2. The van der Waals surface area contributed by atoms with Gasteiger partial charge < -0.3 is 9.88 Å². The molecule has 106 valence electrons. The van der Waals surface area contributed by atoms with Gasteiger partial charge in [-0.2, -0.15) is 0 Å². The van der Waals surface area contributed by atoms with Crippen LogP contribution in [-0.2, 0) is 6.54 Å². The molecule has 1 N–H and O–H groups in total. The Bertz CT molecular complexity index is 702. The van der Waals surface area contributed by atoms with Crippen LogP contribution in [0, 0.1) is 11.6 Å². The third-order valence-electron chi connectivity index (χ3n) is 3.17. The minimum absolute atomic E-state index is 0.101. The third-order valence-corrected chi connectivity index (χ3v) is 3.17. The summed E-state index contributed by atoms with van der Waals surface area (Å²) < 4.78 is 28.9. The van der Waals surface area contributed by atoms with Gasteiger partial charge in [-0.3, -0.25) is 0 Å². The molecule has 0 aliphatic carbocycles. The van der Waals surface area contributed by atoms with Gasteiger partial charge in [-0.1, -0.05) is 18.2 Å². The highest BCUT2D eigenvalue weighted by molar-refractivity contribution is 5.47. The first kappa shape index (κ1) is 13.3. The van der Waals surface area contributed by atoms with Crippen LogP contribution in [0.4, 0.5) is 14.5 Å². The van der Waals surface area contributed by atoms with Gasteiger partial charge in [0.2, 0.25) is 0 Å². The minimum atomic E-state index is -0.593. The van der Waals surface area contributed by atoms with Crippen LogP contribution in [0.3, 0.4) is 0 Å². The molecule has 0 radical (unpaired) electrons. The van der Waals surface area contributed by atoms with Crippen molar-refractivity contribution >= 4 is 5.69 Å². The number of hydrogen-bond acceptors (Lipinski definition) is 2. The molecule has 0 bridgehead atoms. The van der Waals surface area contributed by atoms with Crippen LogP contribution in [0.2, 0.25) is 0 Å². The van der Waals surface area contributed by atoms with E-state index in [2.05, 4.69) is 10.3 Å². The van der Waals surface area contributed by atoms with Gasteiger partial charge in [0.25, 0.3) is 0 Å². The molecule has 0 aliphatic heterocycles. The molecule has 3 nitrogen and oxygen atoms in total. The van der Waals surface area contributed by atoms with Gasteiger partial charge >= 0.3 is 0 Å². The van der Waals surface area contributed by atoms with E-state index in [-0.39, 0.29) is 5.69 Å². The van der Waals surface area contributed by atoms with E-state index < -0.39 is 11.6 Å². The van der Waals surface area contributed by atoms with E-state index in [9.17, 15) is 8.78 Å². The van der Waals surface area contributed by atoms with E-state index in [4.69, 9.17) is 0 Å². The summed E-state index contributed by atoms with van der Waals surface area (Å²) in [6.07, 6.45) is 5.26. The number of rotatable bonds is 4. The van der Waals surface area contributed by atoms with Crippen LogP contribution in [0.5, 0.6) is 0 Å². The topological polar surface area (TPSA) is 29.9 Å². The fraction of sp³-hybridized carbons (Fsp3) is 0.0625. The lowest BCUT2D eigenvalue weighted by Crippen LogP contribution is -2.04. The number of halogens is 2. The number of nitrogens with zero attached hydrogens (tertiary/aromatic N) is 2. The van der Waals surface area contributed by atoms with E-state index in [1.54, 1.807) is 12.5 Å². The van der Waals surface area contributed by atoms with Crippen molar-refractivity contribution in [3.8, 4) is 5.69 Å². The zero-order chi connectivity index (χ0) is 14.7. The molecule has 0 aliphatic rings. The Labute approximate surface area is 120 Å². The molecule has 0 spiro atoms. The lowest BCUT2D eigenvalue weighted by atomic mass is 10.2. The van der Waals surface area contributed by atoms with E-state index in [1.165, 1.54) is 18.2 Å². The highest BCUT2D eigenvalue weighted by Gasteiger charge is 2.07. The number of nitrogens with one attached hydrogen (secondary N) is 1. The quantitative estimate of drug-likeness (QED) is 0.791. The maximum atomic E-state index is 13.5. The van der Waals surface area contributed by atoms with E-state index in [0.717, 1.165) is 11.3 Å². The van der Waals surface area contributed by atoms with Crippen LogP contribution in [-0.4, -0.2) is 9.55 Å². The van der Waals surface area contributed by atoms with Gasteiger partial charge in [0.05, 0.1) is 6.33 Å². The highest BCUT2D eigenvalue weighted by Crippen LogP contribution is 2.19. The van der Waals surface area contributed by atoms with Gasteiger partial charge in [0.1, 0.15) is 17.3 Å². The van der Waals surface area contributed by atoms with Crippen LogP contribution in [0.25, 0.3) is 5.69 Å². The fourth-order valence-corrected chi connectivity index (χ4v) is 2.05. The maximum absolute atomic E-state index is 13.5.